The van der Waals surface area contributed by atoms with Gasteiger partial charge < -0.3 is 14.7 Å². The molecule has 3 heterocycles. The molecule has 144 valence electrons. The highest BCUT2D eigenvalue weighted by molar-refractivity contribution is 5.85. The van der Waals surface area contributed by atoms with Crippen molar-refractivity contribution < 1.29 is 14.6 Å². The Bertz CT molecular complexity index is 832. The van der Waals surface area contributed by atoms with Gasteiger partial charge in [0.2, 0.25) is 5.91 Å². The molecule has 1 saturated heterocycles. The zero-order valence-electron chi connectivity index (χ0n) is 15.8. The molecule has 1 fully saturated rings. The number of aliphatic hydroxyl groups is 1. The maximum Gasteiger partial charge on any atom is 0.230 e. The third-order valence-electron chi connectivity index (χ3n) is 5.48. The van der Waals surface area contributed by atoms with Gasteiger partial charge in [0, 0.05) is 25.1 Å². The van der Waals surface area contributed by atoms with E-state index in [4.69, 9.17) is 4.74 Å². The summed E-state index contributed by atoms with van der Waals surface area (Å²) >= 11 is 0. The molecule has 2 aliphatic rings. The highest BCUT2D eigenvalue weighted by Crippen LogP contribution is 2.42. The van der Waals surface area contributed by atoms with Gasteiger partial charge in [-0.05, 0) is 32.8 Å². The zero-order chi connectivity index (χ0) is 19.0. The lowest BCUT2D eigenvalue weighted by Crippen LogP contribution is -2.46. The number of ether oxygens (including phenoxy) is 1. The number of aromatic nitrogens is 3. The van der Waals surface area contributed by atoms with Crippen LogP contribution in [0.5, 0.6) is 5.75 Å². The maximum absolute atomic E-state index is 13.4. The van der Waals surface area contributed by atoms with E-state index in [9.17, 15) is 9.90 Å². The molecule has 4 rings (SSSR count). The molecule has 0 aliphatic carbocycles. The van der Waals surface area contributed by atoms with Crippen LogP contribution in [-0.2, 0) is 11.4 Å². The van der Waals surface area contributed by atoms with Gasteiger partial charge in [0.1, 0.15) is 17.0 Å². The summed E-state index contributed by atoms with van der Waals surface area (Å²) in [6.45, 7) is 5.33. The van der Waals surface area contributed by atoms with Gasteiger partial charge in [-0.15, -0.1) is 5.10 Å². The van der Waals surface area contributed by atoms with E-state index in [1.165, 1.54) is 0 Å². The van der Waals surface area contributed by atoms with Crippen LogP contribution in [0.15, 0.2) is 30.5 Å². The number of para-hydroxylation sites is 1. The van der Waals surface area contributed by atoms with Crippen molar-refractivity contribution in [2.75, 3.05) is 13.1 Å². The zero-order valence-corrected chi connectivity index (χ0v) is 15.8. The van der Waals surface area contributed by atoms with E-state index in [-0.39, 0.29) is 30.1 Å². The molecule has 2 aliphatic heterocycles. The highest BCUT2D eigenvalue weighted by atomic mass is 16.5. The van der Waals surface area contributed by atoms with Crippen molar-refractivity contribution in [1.82, 2.24) is 19.9 Å². The number of hydrogen-bond donors (Lipinski definition) is 1. The lowest BCUT2D eigenvalue weighted by atomic mass is 9.83. The van der Waals surface area contributed by atoms with Crippen LogP contribution >= 0.6 is 0 Å². The SMILES string of the molecule is CC1(C)CC(C(=O)N2CCCC(n3cc(CO)nn3)C2)c2ccccc2O1. The first-order chi connectivity index (χ1) is 13.0. The summed E-state index contributed by atoms with van der Waals surface area (Å²) in [6, 6.07) is 7.95. The van der Waals surface area contributed by atoms with E-state index in [1.54, 1.807) is 10.9 Å². The first-order valence-corrected chi connectivity index (χ1v) is 9.55. The molecule has 1 aromatic carbocycles. The van der Waals surface area contributed by atoms with Crippen molar-refractivity contribution in [3.05, 3.63) is 41.7 Å². The number of fused-ring (bicyclic) bond motifs is 1. The molecule has 0 bridgehead atoms. The molecule has 2 atom stereocenters. The molecule has 7 nitrogen and oxygen atoms in total. The third kappa shape index (κ3) is 3.56. The predicted molar refractivity (Wildman–Crippen MR) is 99.3 cm³/mol. The van der Waals surface area contributed by atoms with Gasteiger partial charge in [0.05, 0.1) is 24.8 Å². The van der Waals surface area contributed by atoms with E-state index in [0.717, 1.165) is 30.7 Å². The Morgan fingerprint density at radius 2 is 2.19 bits per heavy atom. The lowest BCUT2D eigenvalue weighted by molar-refractivity contribution is -0.136. The number of nitrogens with zero attached hydrogens (tertiary/aromatic N) is 4. The number of likely N-dealkylation sites (tertiary alicyclic amines) is 1. The van der Waals surface area contributed by atoms with Crippen LogP contribution in [0.1, 0.15) is 56.3 Å². The second-order valence-electron chi connectivity index (χ2n) is 8.08. The molecule has 0 radical (unpaired) electrons. The minimum Gasteiger partial charge on any atom is -0.488 e. The van der Waals surface area contributed by atoms with Crippen molar-refractivity contribution in [2.24, 2.45) is 0 Å². The smallest absolute Gasteiger partial charge is 0.230 e. The van der Waals surface area contributed by atoms with E-state index in [2.05, 4.69) is 10.3 Å². The van der Waals surface area contributed by atoms with Crippen LogP contribution in [0, 0.1) is 0 Å². The Morgan fingerprint density at radius 3 is 2.96 bits per heavy atom. The Hall–Kier alpha value is -2.41. The molecular weight excluding hydrogens is 344 g/mol. The normalized spacial score (nSPS) is 24.2. The topological polar surface area (TPSA) is 80.5 Å². The Balaban J connectivity index is 1.55. The van der Waals surface area contributed by atoms with Gasteiger partial charge >= 0.3 is 0 Å². The number of rotatable bonds is 3. The van der Waals surface area contributed by atoms with Crippen LogP contribution in [0.2, 0.25) is 0 Å². The molecule has 7 heteroatoms. The van der Waals surface area contributed by atoms with E-state index >= 15 is 0 Å². The summed E-state index contributed by atoms with van der Waals surface area (Å²) in [5, 5.41) is 17.3. The van der Waals surface area contributed by atoms with Gasteiger partial charge in [0.15, 0.2) is 0 Å². The van der Waals surface area contributed by atoms with Crippen LogP contribution < -0.4 is 4.74 Å². The monoisotopic (exact) mass is 370 g/mol. The summed E-state index contributed by atoms with van der Waals surface area (Å²) in [5.74, 6) is 0.781. The van der Waals surface area contributed by atoms with E-state index in [1.807, 2.05) is 43.0 Å². The third-order valence-corrected chi connectivity index (χ3v) is 5.48. The summed E-state index contributed by atoms with van der Waals surface area (Å²) in [7, 11) is 0. The van der Waals surface area contributed by atoms with Gasteiger partial charge in [0.25, 0.3) is 0 Å². The van der Waals surface area contributed by atoms with Gasteiger partial charge in [-0.3, -0.25) is 4.79 Å². The van der Waals surface area contributed by atoms with Crippen LogP contribution in [0.25, 0.3) is 0 Å². The fraction of sp³-hybridized carbons (Fsp3) is 0.550. The highest BCUT2D eigenvalue weighted by Gasteiger charge is 2.40. The minimum absolute atomic E-state index is 0.0959. The van der Waals surface area contributed by atoms with Crippen molar-refractivity contribution in [3.8, 4) is 5.75 Å². The van der Waals surface area contributed by atoms with Crippen molar-refractivity contribution in [1.29, 1.82) is 0 Å². The standard InChI is InChI=1S/C20H26N4O3/c1-20(2)10-17(16-7-3-4-8-18(16)27-20)19(26)23-9-5-6-15(12-23)24-11-14(13-25)21-22-24/h3-4,7-8,11,15,17,25H,5-6,9-10,12-13H2,1-2H3. The minimum atomic E-state index is -0.369. The fourth-order valence-electron chi connectivity index (χ4n) is 4.18. The quantitative estimate of drug-likeness (QED) is 0.897. The predicted octanol–water partition coefficient (Wildman–Crippen LogP) is 2.28. The number of hydrogen-bond acceptors (Lipinski definition) is 5. The van der Waals surface area contributed by atoms with Crippen LogP contribution in [-0.4, -0.2) is 49.6 Å². The summed E-state index contributed by atoms with van der Waals surface area (Å²) in [5.41, 5.74) is 1.16. The maximum atomic E-state index is 13.4. The van der Waals surface area contributed by atoms with Crippen molar-refractivity contribution >= 4 is 5.91 Å². The number of carbonyl (C=O) groups excluding carboxylic acids is 1. The number of benzene rings is 1. The number of piperidine rings is 1. The molecule has 2 aromatic rings. The molecule has 2 unspecified atom stereocenters. The van der Waals surface area contributed by atoms with Gasteiger partial charge in [-0.25, -0.2) is 4.68 Å². The molecule has 0 spiro atoms. The largest absolute Gasteiger partial charge is 0.488 e. The molecule has 1 aromatic heterocycles. The Kier molecular flexibility index (Phi) is 4.63. The van der Waals surface area contributed by atoms with Gasteiger partial charge in [-0.1, -0.05) is 23.4 Å². The second-order valence-corrected chi connectivity index (χ2v) is 8.08. The average Bonchev–Trinajstić information content (AvgIpc) is 3.15. The molecule has 27 heavy (non-hydrogen) atoms. The Morgan fingerprint density at radius 1 is 1.37 bits per heavy atom. The first-order valence-electron chi connectivity index (χ1n) is 9.55. The number of amides is 1. The average molecular weight is 370 g/mol. The van der Waals surface area contributed by atoms with E-state index < -0.39 is 0 Å². The summed E-state index contributed by atoms with van der Waals surface area (Å²) in [4.78, 5) is 15.4. The molecule has 0 saturated carbocycles. The van der Waals surface area contributed by atoms with Crippen LogP contribution in [0.3, 0.4) is 0 Å². The van der Waals surface area contributed by atoms with Crippen LogP contribution in [0.4, 0.5) is 0 Å². The molecule has 1 amide bonds. The number of carbonyl (C=O) groups is 1. The summed E-state index contributed by atoms with van der Waals surface area (Å²) in [6.07, 6.45) is 4.32. The lowest BCUT2D eigenvalue weighted by Gasteiger charge is -2.40. The molecule has 1 N–H and O–H groups in total. The number of aliphatic hydroxyl groups excluding tert-OH is 1. The first kappa shape index (κ1) is 18.0. The fourth-order valence-corrected chi connectivity index (χ4v) is 4.18. The Labute approximate surface area is 158 Å². The molecular formula is C20H26N4O3. The van der Waals surface area contributed by atoms with Gasteiger partial charge in [-0.2, -0.15) is 0 Å². The summed E-state index contributed by atoms with van der Waals surface area (Å²) < 4.78 is 7.86. The second kappa shape index (κ2) is 6.96. The van der Waals surface area contributed by atoms with Crippen molar-refractivity contribution in [3.63, 3.8) is 0 Å². The van der Waals surface area contributed by atoms with Crippen molar-refractivity contribution in [2.45, 2.75) is 57.3 Å². The van der Waals surface area contributed by atoms with E-state index in [0.29, 0.717) is 18.7 Å².